The standard InChI is InChI=1S/C19H19Cl2N7/c1-13-22-6-9-27(13)8-3-7-26(2)18-5-4-17-23-24-19(28(17)25-18)14-10-15(20)12-16(21)11-14/h4-6,9-12H,3,7-8H2,1-2H3. The minimum absolute atomic E-state index is 0.544. The second-order valence-corrected chi connectivity index (χ2v) is 7.46. The maximum atomic E-state index is 6.13. The molecule has 4 aromatic rings. The zero-order valence-electron chi connectivity index (χ0n) is 15.5. The van der Waals surface area contributed by atoms with Gasteiger partial charge in [-0.15, -0.1) is 15.3 Å². The van der Waals surface area contributed by atoms with Crippen LogP contribution in [0.4, 0.5) is 5.82 Å². The Morgan fingerprint density at radius 3 is 2.57 bits per heavy atom. The molecule has 0 amide bonds. The molecule has 0 fully saturated rings. The van der Waals surface area contributed by atoms with Gasteiger partial charge in [0.05, 0.1) is 0 Å². The lowest BCUT2D eigenvalue weighted by atomic mass is 10.2. The lowest BCUT2D eigenvalue weighted by molar-refractivity contribution is 0.619. The Balaban J connectivity index is 1.56. The Labute approximate surface area is 172 Å². The van der Waals surface area contributed by atoms with E-state index in [9.17, 15) is 0 Å². The lowest BCUT2D eigenvalue weighted by Crippen LogP contribution is -2.22. The first kappa shape index (κ1) is 18.7. The molecule has 0 atom stereocenters. The average Bonchev–Trinajstić information content (AvgIpc) is 3.26. The number of hydrogen-bond acceptors (Lipinski definition) is 5. The van der Waals surface area contributed by atoms with Crippen LogP contribution in [0.5, 0.6) is 0 Å². The van der Waals surface area contributed by atoms with Crippen LogP contribution in [0.15, 0.2) is 42.7 Å². The number of nitrogens with zero attached hydrogens (tertiary/aromatic N) is 7. The maximum Gasteiger partial charge on any atom is 0.185 e. The maximum absolute atomic E-state index is 6.13. The predicted octanol–water partition coefficient (Wildman–Crippen LogP) is 4.13. The SMILES string of the molecule is Cc1nccn1CCCN(C)c1ccc2nnc(-c3cc(Cl)cc(Cl)c3)n2n1. The van der Waals surface area contributed by atoms with Crippen molar-refractivity contribution >= 4 is 34.7 Å². The summed E-state index contributed by atoms with van der Waals surface area (Å²) in [4.78, 5) is 6.36. The minimum Gasteiger partial charge on any atom is -0.358 e. The second-order valence-electron chi connectivity index (χ2n) is 6.59. The summed E-state index contributed by atoms with van der Waals surface area (Å²) in [6, 6.07) is 9.14. The van der Waals surface area contributed by atoms with Gasteiger partial charge in [-0.2, -0.15) is 4.52 Å². The number of rotatable bonds is 6. The number of fused-ring (bicyclic) bond motifs is 1. The van der Waals surface area contributed by atoms with Gasteiger partial charge in [0.25, 0.3) is 0 Å². The van der Waals surface area contributed by atoms with Crippen molar-refractivity contribution in [3.8, 4) is 11.4 Å². The molecule has 0 aliphatic carbocycles. The molecular weight excluding hydrogens is 397 g/mol. The Morgan fingerprint density at radius 1 is 1.07 bits per heavy atom. The van der Waals surface area contributed by atoms with Gasteiger partial charge in [0.2, 0.25) is 0 Å². The van der Waals surface area contributed by atoms with Crippen LogP contribution in [0.3, 0.4) is 0 Å². The van der Waals surface area contributed by atoms with Crippen molar-refractivity contribution in [2.75, 3.05) is 18.5 Å². The van der Waals surface area contributed by atoms with Crippen LogP contribution in [-0.4, -0.2) is 43.0 Å². The van der Waals surface area contributed by atoms with Crippen LogP contribution >= 0.6 is 23.2 Å². The minimum atomic E-state index is 0.544. The molecule has 0 unspecified atom stereocenters. The van der Waals surface area contributed by atoms with Crippen molar-refractivity contribution in [3.63, 3.8) is 0 Å². The van der Waals surface area contributed by atoms with Crippen molar-refractivity contribution < 1.29 is 0 Å². The Bertz CT molecular complexity index is 1100. The molecule has 3 aromatic heterocycles. The highest BCUT2D eigenvalue weighted by Gasteiger charge is 2.13. The van der Waals surface area contributed by atoms with Crippen molar-refractivity contribution in [1.29, 1.82) is 0 Å². The van der Waals surface area contributed by atoms with Crippen LogP contribution < -0.4 is 4.90 Å². The van der Waals surface area contributed by atoms with E-state index < -0.39 is 0 Å². The summed E-state index contributed by atoms with van der Waals surface area (Å²) in [6.07, 6.45) is 4.80. The van der Waals surface area contributed by atoms with E-state index in [1.807, 2.05) is 38.5 Å². The highest BCUT2D eigenvalue weighted by Crippen LogP contribution is 2.26. The van der Waals surface area contributed by atoms with Gasteiger partial charge in [-0.3, -0.25) is 0 Å². The molecule has 0 radical (unpaired) electrons. The van der Waals surface area contributed by atoms with Crippen LogP contribution in [0.1, 0.15) is 12.2 Å². The summed E-state index contributed by atoms with van der Waals surface area (Å²) in [7, 11) is 2.02. The van der Waals surface area contributed by atoms with Crippen molar-refractivity contribution in [2.24, 2.45) is 0 Å². The number of anilines is 1. The number of hydrogen-bond donors (Lipinski definition) is 0. The molecule has 4 rings (SSSR count). The van der Waals surface area contributed by atoms with Crippen molar-refractivity contribution in [1.82, 2.24) is 29.4 Å². The molecular formula is C19H19Cl2N7. The monoisotopic (exact) mass is 415 g/mol. The molecule has 0 aliphatic heterocycles. The van der Waals surface area contributed by atoms with Gasteiger partial charge >= 0.3 is 0 Å². The van der Waals surface area contributed by atoms with Crippen LogP contribution in [0, 0.1) is 6.92 Å². The highest BCUT2D eigenvalue weighted by atomic mass is 35.5. The number of aryl methyl sites for hydroxylation is 2. The molecule has 9 heteroatoms. The van der Waals surface area contributed by atoms with Gasteiger partial charge in [-0.1, -0.05) is 23.2 Å². The molecule has 3 heterocycles. The Morgan fingerprint density at radius 2 is 1.86 bits per heavy atom. The smallest absolute Gasteiger partial charge is 0.185 e. The van der Waals surface area contributed by atoms with Crippen molar-refractivity contribution in [3.05, 3.63) is 58.6 Å². The largest absolute Gasteiger partial charge is 0.358 e. The summed E-state index contributed by atoms with van der Waals surface area (Å²) in [5.41, 5.74) is 1.44. The number of benzene rings is 1. The first-order valence-electron chi connectivity index (χ1n) is 8.89. The van der Waals surface area contributed by atoms with E-state index in [-0.39, 0.29) is 0 Å². The molecule has 0 spiro atoms. The summed E-state index contributed by atoms with van der Waals surface area (Å²) < 4.78 is 3.86. The topological polar surface area (TPSA) is 64.1 Å². The predicted molar refractivity (Wildman–Crippen MR) is 111 cm³/mol. The van der Waals surface area contributed by atoms with E-state index >= 15 is 0 Å². The Hall–Kier alpha value is -2.64. The molecule has 28 heavy (non-hydrogen) atoms. The summed E-state index contributed by atoms with van der Waals surface area (Å²) in [6.45, 7) is 3.78. The quantitative estimate of drug-likeness (QED) is 0.473. The Kier molecular flexibility index (Phi) is 5.19. The average molecular weight is 416 g/mol. The van der Waals surface area contributed by atoms with Gasteiger partial charge in [-0.05, 0) is 43.7 Å². The third kappa shape index (κ3) is 3.81. The van der Waals surface area contributed by atoms with E-state index in [1.54, 1.807) is 22.7 Å². The summed E-state index contributed by atoms with van der Waals surface area (Å²) in [5.74, 6) is 2.46. The molecule has 144 valence electrons. The first-order chi connectivity index (χ1) is 13.5. The zero-order chi connectivity index (χ0) is 19.7. The fourth-order valence-electron chi connectivity index (χ4n) is 3.08. The van der Waals surface area contributed by atoms with Gasteiger partial charge in [-0.25, -0.2) is 4.98 Å². The fourth-order valence-corrected chi connectivity index (χ4v) is 3.60. The first-order valence-corrected chi connectivity index (χ1v) is 9.64. The van der Waals surface area contributed by atoms with Crippen LogP contribution in [0.25, 0.3) is 17.0 Å². The van der Waals surface area contributed by atoms with Gasteiger partial charge in [0, 0.05) is 48.1 Å². The van der Waals surface area contributed by atoms with Crippen LogP contribution in [-0.2, 0) is 6.54 Å². The highest BCUT2D eigenvalue weighted by molar-refractivity contribution is 6.35. The normalized spacial score (nSPS) is 11.3. The fraction of sp³-hybridized carbons (Fsp3) is 0.263. The lowest BCUT2D eigenvalue weighted by Gasteiger charge is -2.18. The van der Waals surface area contributed by atoms with E-state index in [0.29, 0.717) is 21.5 Å². The van der Waals surface area contributed by atoms with E-state index in [1.165, 1.54) is 0 Å². The number of halogens is 2. The summed E-state index contributed by atoms with van der Waals surface area (Å²) >= 11 is 12.3. The number of aromatic nitrogens is 6. The van der Waals surface area contributed by atoms with E-state index in [4.69, 9.17) is 28.3 Å². The second kappa shape index (κ2) is 7.77. The van der Waals surface area contributed by atoms with Crippen LogP contribution in [0.2, 0.25) is 10.0 Å². The molecule has 0 aliphatic rings. The number of imidazole rings is 1. The van der Waals surface area contributed by atoms with Gasteiger partial charge < -0.3 is 9.47 Å². The van der Waals surface area contributed by atoms with Gasteiger partial charge in [0.1, 0.15) is 11.6 Å². The molecule has 0 saturated heterocycles. The molecule has 1 aromatic carbocycles. The molecule has 7 nitrogen and oxygen atoms in total. The molecule has 0 N–H and O–H groups in total. The summed E-state index contributed by atoms with van der Waals surface area (Å²) in [5, 5.41) is 14.3. The van der Waals surface area contributed by atoms with Crippen molar-refractivity contribution in [2.45, 2.75) is 19.9 Å². The third-order valence-corrected chi connectivity index (χ3v) is 5.01. The van der Waals surface area contributed by atoms with Gasteiger partial charge in [0.15, 0.2) is 11.5 Å². The molecule has 0 bridgehead atoms. The van der Waals surface area contributed by atoms with E-state index in [2.05, 4.69) is 24.6 Å². The van der Waals surface area contributed by atoms with E-state index in [0.717, 1.165) is 36.7 Å². The zero-order valence-corrected chi connectivity index (χ0v) is 17.1. The molecule has 0 saturated carbocycles. The third-order valence-electron chi connectivity index (χ3n) is 4.58.